The molecule has 3 aromatic rings. The predicted molar refractivity (Wildman–Crippen MR) is 117 cm³/mol. The van der Waals surface area contributed by atoms with Crippen LogP contribution in [-0.4, -0.2) is 31.2 Å². The minimum atomic E-state index is -0.816. The average Bonchev–Trinajstić information content (AvgIpc) is 3.17. The maximum Gasteiger partial charge on any atom is 0.253 e. The van der Waals surface area contributed by atoms with Crippen LogP contribution in [-0.2, 0) is 9.59 Å². The first kappa shape index (κ1) is 19.6. The van der Waals surface area contributed by atoms with E-state index < -0.39 is 11.8 Å². The molecule has 0 spiro atoms. The molecule has 3 aromatic carbocycles. The molecule has 0 aliphatic carbocycles. The van der Waals surface area contributed by atoms with Crippen molar-refractivity contribution in [2.24, 2.45) is 11.0 Å². The Balaban J connectivity index is 1.56. The third kappa shape index (κ3) is 3.89. The molecule has 0 bridgehead atoms. The zero-order chi connectivity index (χ0) is 20.9. The smallest absolute Gasteiger partial charge is 0.253 e. The van der Waals surface area contributed by atoms with E-state index in [1.54, 1.807) is 6.21 Å². The molecule has 0 radical (unpaired) electrons. The predicted octanol–water partition coefficient (Wildman–Crippen LogP) is 3.22. The zero-order valence-corrected chi connectivity index (χ0v) is 16.7. The fourth-order valence-electron chi connectivity index (χ4n) is 3.85. The number of carbonyl (C=O) groups is 2. The maximum atomic E-state index is 12.8. The largest absolute Gasteiger partial charge is 0.493 e. The standard InChI is InChI=1S/C24H23N3O3/c1-2-30-21-13-12-17-10-6-7-11-18(17)20(21)15-26-27-24(29)22-19(14-25-23(22)28)16-8-4-3-5-9-16/h3-13,15,19,22H,2,14H2,1H3,(H,25,28)(H,27,29)/b26-15+/t19-,22+/m1/s1. The van der Waals surface area contributed by atoms with E-state index in [-0.39, 0.29) is 11.8 Å². The average molecular weight is 401 g/mol. The minimum absolute atomic E-state index is 0.217. The topological polar surface area (TPSA) is 79.8 Å². The van der Waals surface area contributed by atoms with Crippen LogP contribution in [0.1, 0.15) is 24.0 Å². The first-order chi connectivity index (χ1) is 14.7. The Bertz CT molecular complexity index is 1100. The zero-order valence-electron chi connectivity index (χ0n) is 16.7. The summed E-state index contributed by atoms with van der Waals surface area (Å²) in [6.07, 6.45) is 1.58. The highest BCUT2D eigenvalue weighted by Crippen LogP contribution is 2.29. The molecular formula is C24H23N3O3. The van der Waals surface area contributed by atoms with E-state index >= 15 is 0 Å². The summed E-state index contributed by atoms with van der Waals surface area (Å²) in [7, 11) is 0. The van der Waals surface area contributed by atoms with Gasteiger partial charge in [-0.3, -0.25) is 9.59 Å². The van der Waals surface area contributed by atoms with Gasteiger partial charge in [0, 0.05) is 18.0 Å². The second-order valence-corrected chi connectivity index (χ2v) is 7.11. The molecule has 6 nitrogen and oxygen atoms in total. The van der Waals surface area contributed by atoms with Crippen LogP contribution in [0.2, 0.25) is 0 Å². The molecule has 2 N–H and O–H groups in total. The van der Waals surface area contributed by atoms with Crippen LogP contribution in [0.5, 0.6) is 5.75 Å². The van der Waals surface area contributed by atoms with E-state index in [4.69, 9.17) is 4.74 Å². The van der Waals surface area contributed by atoms with Gasteiger partial charge in [0.1, 0.15) is 11.7 Å². The van der Waals surface area contributed by atoms with Crippen molar-refractivity contribution in [2.75, 3.05) is 13.2 Å². The highest BCUT2D eigenvalue weighted by molar-refractivity contribution is 6.05. The van der Waals surface area contributed by atoms with Gasteiger partial charge >= 0.3 is 0 Å². The Morgan fingerprint density at radius 2 is 1.90 bits per heavy atom. The van der Waals surface area contributed by atoms with Gasteiger partial charge < -0.3 is 10.1 Å². The first-order valence-electron chi connectivity index (χ1n) is 9.99. The second-order valence-electron chi connectivity index (χ2n) is 7.11. The Labute approximate surface area is 174 Å². The lowest BCUT2D eigenvalue weighted by molar-refractivity contribution is -0.133. The fraction of sp³-hybridized carbons (Fsp3) is 0.208. The number of benzene rings is 3. The van der Waals surface area contributed by atoms with Gasteiger partial charge in [-0.25, -0.2) is 5.43 Å². The Hall–Kier alpha value is -3.67. The van der Waals surface area contributed by atoms with E-state index in [0.717, 1.165) is 21.9 Å². The molecular weight excluding hydrogens is 378 g/mol. The number of nitrogens with one attached hydrogen (secondary N) is 2. The van der Waals surface area contributed by atoms with Crippen LogP contribution >= 0.6 is 0 Å². The van der Waals surface area contributed by atoms with E-state index in [9.17, 15) is 9.59 Å². The molecule has 152 valence electrons. The summed E-state index contributed by atoms with van der Waals surface area (Å²) in [6, 6.07) is 21.4. The summed E-state index contributed by atoms with van der Waals surface area (Å²) in [5.41, 5.74) is 4.29. The summed E-state index contributed by atoms with van der Waals surface area (Å²) < 4.78 is 5.73. The molecule has 2 amide bonds. The molecule has 1 aliphatic rings. The van der Waals surface area contributed by atoms with Crippen molar-refractivity contribution in [1.82, 2.24) is 10.7 Å². The van der Waals surface area contributed by atoms with Crippen LogP contribution in [0.25, 0.3) is 10.8 Å². The van der Waals surface area contributed by atoms with Gasteiger partial charge in [-0.2, -0.15) is 5.10 Å². The third-order valence-electron chi connectivity index (χ3n) is 5.29. The Morgan fingerprint density at radius 1 is 1.13 bits per heavy atom. The van der Waals surface area contributed by atoms with Crippen molar-refractivity contribution in [3.05, 3.63) is 77.9 Å². The summed E-state index contributed by atoms with van der Waals surface area (Å²) in [6.45, 7) is 2.87. The summed E-state index contributed by atoms with van der Waals surface area (Å²) >= 11 is 0. The van der Waals surface area contributed by atoms with Gasteiger partial charge in [0.05, 0.1) is 12.8 Å². The van der Waals surface area contributed by atoms with Crippen LogP contribution in [0.15, 0.2) is 71.8 Å². The van der Waals surface area contributed by atoms with E-state index in [1.165, 1.54) is 0 Å². The summed E-state index contributed by atoms with van der Waals surface area (Å²) in [5, 5.41) is 8.97. The number of nitrogens with zero attached hydrogens (tertiary/aromatic N) is 1. The monoisotopic (exact) mass is 401 g/mol. The molecule has 2 atom stereocenters. The quantitative estimate of drug-likeness (QED) is 0.378. The number of hydrogen-bond donors (Lipinski definition) is 2. The van der Waals surface area contributed by atoms with Gasteiger partial charge in [0.2, 0.25) is 5.91 Å². The fourth-order valence-corrected chi connectivity index (χ4v) is 3.85. The van der Waals surface area contributed by atoms with Gasteiger partial charge in [-0.15, -0.1) is 0 Å². The first-order valence-corrected chi connectivity index (χ1v) is 9.99. The molecule has 0 saturated carbocycles. The van der Waals surface area contributed by atoms with E-state index in [0.29, 0.717) is 18.9 Å². The number of hydrogen-bond acceptors (Lipinski definition) is 4. The molecule has 1 fully saturated rings. The van der Waals surface area contributed by atoms with E-state index in [1.807, 2.05) is 73.7 Å². The summed E-state index contributed by atoms with van der Waals surface area (Å²) in [5.74, 6) is -1.05. The lowest BCUT2D eigenvalue weighted by atomic mass is 9.88. The maximum absolute atomic E-state index is 12.8. The SMILES string of the molecule is CCOc1ccc2ccccc2c1/C=N/NC(=O)[C@@H]1C(=O)NC[C@@H]1c1ccccc1. The molecule has 0 unspecified atom stereocenters. The Morgan fingerprint density at radius 3 is 2.70 bits per heavy atom. The van der Waals surface area contributed by atoms with Crippen molar-refractivity contribution in [2.45, 2.75) is 12.8 Å². The molecule has 1 saturated heterocycles. The van der Waals surface area contributed by atoms with Gasteiger partial charge in [0.25, 0.3) is 5.91 Å². The number of rotatable bonds is 6. The second kappa shape index (κ2) is 8.78. The minimum Gasteiger partial charge on any atom is -0.493 e. The Kier molecular flexibility index (Phi) is 5.75. The van der Waals surface area contributed by atoms with Crippen molar-refractivity contribution in [3.63, 3.8) is 0 Å². The lowest BCUT2D eigenvalue weighted by Gasteiger charge is -2.15. The van der Waals surface area contributed by atoms with Gasteiger partial charge in [-0.05, 0) is 29.3 Å². The van der Waals surface area contributed by atoms with E-state index in [2.05, 4.69) is 15.8 Å². The highest BCUT2D eigenvalue weighted by atomic mass is 16.5. The van der Waals surface area contributed by atoms with Gasteiger partial charge in [-0.1, -0.05) is 60.7 Å². The molecule has 0 aromatic heterocycles. The molecule has 30 heavy (non-hydrogen) atoms. The number of ether oxygens (including phenoxy) is 1. The van der Waals surface area contributed by atoms with Crippen LogP contribution < -0.4 is 15.5 Å². The highest BCUT2D eigenvalue weighted by Gasteiger charge is 2.40. The number of fused-ring (bicyclic) bond motifs is 1. The van der Waals surface area contributed by atoms with Crippen molar-refractivity contribution >= 4 is 28.8 Å². The summed E-state index contributed by atoms with van der Waals surface area (Å²) in [4.78, 5) is 25.1. The lowest BCUT2D eigenvalue weighted by Crippen LogP contribution is -2.34. The molecule has 1 heterocycles. The number of amides is 2. The molecule has 1 aliphatic heterocycles. The number of hydrazone groups is 1. The van der Waals surface area contributed by atoms with Crippen LogP contribution in [0.4, 0.5) is 0 Å². The van der Waals surface area contributed by atoms with Crippen molar-refractivity contribution in [1.29, 1.82) is 0 Å². The third-order valence-corrected chi connectivity index (χ3v) is 5.29. The van der Waals surface area contributed by atoms with Gasteiger partial charge in [0.15, 0.2) is 0 Å². The van der Waals surface area contributed by atoms with Crippen molar-refractivity contribution < 1.29 is 14.3 Å². The van der Waals surface area contributed by atoms with Crippen molar-refractivity contribution in [3.8, 4) is 5.75 Å². The van der Waals surface area contributed by atoms with Crippen LogP contribution in [0, 0.1) is 5.92 Å². The molecule has 6 heteroatoms. The normalized spacial score (nSPS) is 18.5. The molecule has 4 rings (SSSR count). The van der Waals surface area contributed by atoms with Crippen LogP contribution in [0.3, 0.4) is 0 Å². The number of carbonyl (C=O) groups excluding carboxylic acids is 2.